The third-order valence-corrected chi connectivity index (χ3v) is 1.32. The first-order valence-corrected chi connectivity index (χ1v) is 4.72. The van der Waals surface area contributed by atoms with Crippen molar-refractivity contribution in [1.29, 1.82) is 0 Å². The number of nitrogens with one attached hydrogen (secondary N) is 2. The Hall–Kier alpha value is -0.372. The van der Waals surface area contributed by atoms with Crippen LogP contribution in [0.15, 0.2) is 0 Å². The van der Waals surface area contributed by atoms with Crippen molar-refractivity contribution in [2.75, 3.05) is 6.54 Å². The second-order valence-corrected chi connectivity index (χ2v) is 2.37. The average molecular weight is 384 g/mol. The van der Waals surface area contributed by atoms with Gasteiger partial charge in [0.25, 0.3) is 0 Å². The number of likely N-dealkylation sites (N-methyl/N-ethyl adjacent to an activating group) is 1. The topological polar surface area (TPSA) is 58.2 Å². The maximum atomic E-state index is 11.0. The van der Waals surface area contributed by atoms with E-state index < -0.39 is 6.04 Å². The van der Waals surface area contributed by atoms with Crippen molar-refractivity contribution in [2.45, 2.75) is 33.2 Å². The molecule has 15 heavy (non-hydrogen) atoms. The summed E-state index contributed by atoms with van der Waals surface area (Å²) < 4.78 is 0. The number of amides is 2. The minimum Gasteiger partial charge on any atom is -0.374 e. The monoisotopic (exact) mass is 384 g/mol. The van der Waals surface area contributed by atoms with E-state index in [0.29, 0.717) is 13.0 Å². The standard InChI is InChI=1S/C8H15N2O2.C2H5.W/c1-4-7(11)10-6(3)8(12)9-5-2;1-2;/h6H,3-5H2,1-2H3,(H,9,12)(H,10,11);1H2,2H3;/q2*-1;+2. The number of hydrogen-bond donors (Lipinski definition) is 2. The summed E-state index contributed by atoms with van der Waals surface area (Å²) in [4.78, 5) is 21.8. The van der Waals surface area contributed by atoms with Gasteiger partial charge in [0, 0.05) is 13.0 Å². The SMILES string of the molecule is [CH2-]C.[CH2-]C(NC(=O)CC)C(=O)NCC.[W+2]. The van der Waals surface area contributed by atoms with E-state index in [1.54, 1.807) is 13.8 Å². The van der Waals surface area contributed by atoms with Crippen molar-refractivity contribution in [3.05, 3.63) is 13.8 Å². The Morgan fingerprint density at radius 1 is 1.27 bits per heavy atom. The smallest absolute Gasteiger partial charge is 0.374 e. The molecule has 0 rings (SSSR count). The molecule has 4 nitrogen and oxygen atoms in total. The fourth-order valence-corrected chi connectivity index (χ4v) is 0.659. The van der Waals surface area contributed by atoms with E-state index >= 15 is 0 Å². The van der Waals surface area contributed by atoms with E-state index in [9.17, 15) is 9.59 Å². The molecule has 0 saturated heterocycles. The first kappa shape index (κ1) is 20.1. The molecule has 0 bridgehead atoms. The molecule has 88 valence electrons. The predicted octanol–water partition coefficient (Wildman–Crippen LogP) is 0.689. The van der Waals surface area contributed by atoms with Gasteiger partial charge < -0.3 is 24.5 Å². The van der Waals surface area contributed by atoms with Crippen molar-refractivity contribution in [1.82, 2.24) is 10.6 Å². The fourth-order valence-electron chi connectivity index (χ4n) is 0.659. The summed E-state index contributed by atoms with van der Waals surface area (Å²) in [5.74, 6) is -0.416. The summed E-state index contributed by atoms with van der Waals surface area (Å²) in [6.07, 6.45) is 0.366. The zero-order chi connectivity index (χ0) is 11.6. The Balaban J connectivity index is -0.000000449. The van der Waals surface area contributed by atoms with Gasteiger partial charge in [0.1, 0.15) is 0 Å². The zero-order valence-corrected chi connectivity index (χ0v) is 12.6. The molecule has 0 heterocycles. The predicted molar refractivity (Wildman–Crippen MR) is 57.3 cm³/mol. The third-order valence-electron chi connectivity index (χ3n) is 1.32. The van der Waals surface area contributed by atoms with E-state index in [-0.39, 0.29) is 32.9 Å². The van der Waals surface area contributed by atoms with Crippen molar-refractivity contribution in [3.63, 3.8) is 0 Å². The van der Waals surface area contributed by atoms with Crippen molar-refractivity contribution < 1.29 is 30.7 Å². The molecule has 0 aliphatic carbocycles. The van der Waals surface area contributed by atoms with E-state index in [2.05, 4.69) is 24.5 Å². The van der Waals surface area contributed by atoms with Gasteiger partial charge in [0.2, 0.25) is 11.8 Å². The zero-order valence-electron chi connectivity index (χ0n) is 9.63. The molecule has 2 amide bonds. The number of hydrogen-bond acceptors (Lipinski definition) is 2. The minimum absolute atomic E-state index is 0. The molecule has 0 aliphatic rings. The van der Waals surface area contributed by atoms with E-state index in [1.807, 2.05) is 6.92 Å². The summed E-state index contributed by atoms with van der Waals surface area (Å²) >= 11 is 0. The van der Waals surface area contributed by atoms with Crippen LogP contribution in [-0.4, -0.2) is 24.4 Å². The molecule has 0 aromatic heterocycles. The molecule has 1 unspecified atom stereocenters. The molecule has 0 saturated carbocycles. The maximum Gasteiger partial charge on any atom is 2.00 e. The van der Waals surface area contributed by atoms with E-state index in [0.717, 1.165) is 0 Å². The first-order chi connectivity index (χ1) is 6.61. The van der Waals surface area contributed by atoms with Gasteiger partial charge in [0.05, 0.1) is 0 Å². The summed E-state index contributed by atoms with van der Waals surface area (Å²) in [6.45, 7) is 12.6. The molecule has 0 radical (unpaired) electrons. The summed E-state index contributed by atoms with van der Waals surface area (Å²) in [5, 5.41) is 5.01. The molecule has 0 aliphatic heterocycles. The van der Waals surface area contributed by atoms with Crippen LogP contribution in [-0.2, 0) is 30.7 Å². The number of carbonyl (C=O) groups excluding carboxylic acids is 2. The molecular weight excluding hydrogens is 364 g/mol. The molecule has 0 aromatic carbocycles. The molecule has 0 fully saturated rings. The van der Waals surface area contributed by atoms with Crippen LogP contribution in [0.25, 0.3) is 0 Å². The van der Waals surface area contributed by atoms with Crippen molar-refractivity contribution in [2.24, 2.45) is 0 Å². The Bertz CT molecular complexity index is 175. The van der Waals surface area contributed by atoms with E-state index in [4.69, 9.17) is 0 Å². The molecule has 2 N–H and O–H groups in total. The van der Waals surface area contributed by atoms with Crippen molar-refractivity contribution >= 4 is 11.8 Å². The Labute approximate surface area is 107 Å². The summed E-state index contributed by atoms with van der Waals surface area (Å²) in [6, 6.07) is -0.683. The van der Waals surface area contributed by atoms with Gasteiger partial charge >= 0.3 is 21.1 Å². The van der Waals surface area contributed by atoms with Gasteiger partial charge in [-0.25, -0.2) is 0 Å². The molecule has 5 heteroatoms. The largest absolute Gasteiger partial charge is 2.00 e. The molecular formula is C10H20N2O2W. The Morgan fingerprint density at radius 2 is 1.73 bits per heavy atom. The molecule has 0 spiro atoms. The van der Waals surface area contributed by atoms with Crippen LogP contribution in [0.1, 0.15) is 27.2 Å². The van der Waals surface area contributed by atoms with Gasteiger partial charge in [-0.3, -0.25) is 9.59 Å². The van der Waals surface area contributed by atoms with Crippen LogP contribution in [0, 0.1) is 13.8 Å². The van der Waals surface area contributed by atoms with Crippen LogP contribution in [0.2, 0.25) is 0 Å². The fraction of sp³-hybridized carbons (Fsp3) is 0.600. The van der Waals surface area contributed by atoms with Gasteiger partial charge in [-0.2, -0.15) is 6.92 Å². The number of rotatable bonds is 4. The van der Waals surface area contributed by atoms with Crippen LogP contribution < -0.4 is 10.6 Å². The Kier molecular flexibility index (Phi) is 18.3. The normalized spacial score (nSPS) is 9.93. The first-order valence-electron chi connectivity index (χ1n) is 4.72. The van der Waals surface area contributed by atoms with Gasteiger partial charge in [-0.05, 0) is 13.0 Å². The average Bonchev–Trinajstić information content (AvgIpc) is 2.21. The summed E-state index contributed by atoms with van der Waals surface area (Å²) in [7, 11) is 0. The molecule has 1 atom stereocenters. The van der Waals surface area contributed by atoms with Crippen molar-refractivity contribution in [3.8, 4) is 0 Å². The number of carbonyl (C=O) groups is 2. The van der Waals surface area contributed by atoms with Crippen LogP contribution in [0.3, 0.4) is 0 Å². The minimum atomic E-state index is -0.683. The van der Waals surface area contributed by atoms with Gasteiger partial charge in [-0.15, -0.1) is 0 Å². The van der Waals surface area contributed by atoms with Gasteiger partial charge in [-0.1, -0.05) is 6.92 Å². The Morgan fingerprint density at radius 3 is 2.07 bits per heavy atom. The quantitative estimate of drug-likeness (QED) is 0.701. The summed E-state index contributed by atoms with van der Waals surface area (Å²) in [5.41, 5.74) is 0. The molecule has 0 aromatic rings. The third kappa shape index (κ3) is 11.6. The second-order valence-electron chi connectivity index (χ2n) is 2.37. The maximum absolute atomic E-state index is 11.0. The van der Waals surface area contributed by atoms with E-state index in [1.165, 1.54) is 0 Å². The van der Waals surface area contributed by atoms with Crippen LogP contribution >= 0.6 is 0 Å². The van der Waals surface area contributed by atoms with Gasteiger partial charge in [0.15, 0.2) is 0 Å². The van der Waals surface area contributed by atoms with Crippen LogP contribution in [0.5, 0.6) is 0 Å². The van der Waals surface area contributed by atoms with Crippen LogP contribution in [0.4, 0.5) is 0 Å². The second kappa shape index (κ2) is 13.6.